The fraction of sp³-hybridized carbons (Fsp3) is 0.353. The fourth-order valence-corrected chi connectivity index (χ4v) is 3.68. The summed E-state index contributed by atoms with van der Waals surface area (Å²) in [4.78, 5) is 16.4. The normalized spacial score (nSPS) is 18.0. The molecule has 0 bridgehead atoms. The molecule has 0 radical (unpaired) electrons. The molecule has 0 unspecified atom stereocenters. The van der Waals surface area contributed by atoms with E-state index in [1.807, 2.05) is 0 Å². The summed E-state index contributed by atoms with van der Waals surface area (Å²) in [5, 5.41) is 4.25. The first-order valence-corrected chi connectivity index (χ1v) is 8.60. The van der Waals surface area contributed by atoms with Crippen molar-refractivity contribution < 1.29 is 9.18 Å². The molecule has 4 nitrogen and oxygen atoms in total. The average Bonchev–Trinajstić information content (AvgIpc) is 3.04. The van der Waals surface area contributed by atoms with Gasteiger partial charge in [-0.1, -0.05) is 12.1 Å². The largest absolute Gasteiger partial charge is 0.368 e. The molecule has 0 spiro atoms. The number of benzene rings is 1. The van der Waals surface area contributed by atoms with E-state index in [-0.39, 0.29) is 11.7 Å². The highest BCUT2D eigenvalue weighted by Crippen LogP contribution is 2.23. The van der Waals surface area contributed by atoms with Gasteiger partial charge in [-0.2, -0.15) is 11.3 Å². The Hall–Kier alpha value is -1.76. The highest BCUT2D eigenvalue weighted by molar-refractivity contribution is 7.07. The lowest BCUT2D eigenvalue weighted by molar-refractivity contribution is -0.124. The Bertz CT molecular complexity index is 636. The molecule has 2 N–H and O–H groups in total. The highest BCUT2D eigenvalue weighted by atomic mass is 32.1. The SMILES string of the molecule is NC(=O)[C@H](c1ccc(F)cc1)N1CCN(Cc2ccsc2)CC1. The summed E-state index contributed by atoms with van der Waals surface area (Å²) in [6.45, 7) is 4.26. The number of nitrogens with zero attached hydrogens (tertiary/aromatic N) is 2. The van der Waals surface area contributed by atoms with Crippen molar-refractivity contribution >= 4 is 17.2 Å². The predicted octanol–water partition coefficient (Wildman–Crippen LogP) is 2.23. The van der Waals surface area contributed by atoms with Crippen LogP contribution in [0.3, 0.4) is 0 Å². The molecule has 1 aliphatic rings. The number of halogens is 1. The maximum atomic E-state index is 13.1. The highest BCUT2D eigenvalue weighted by Gasteiger charge is 2.28. The Morgan fingerprint density at radius 2 is 1.87 bits per heavy atom. The molecule has 3 rings (SSSR count). The van der Waals surface area contributed by atoms with Crippen molar-refractivity contribution in [2.24, 2.45) is 5.73 Å². The van der Waals surface area contributed by atoms with E-state index in [1.54, 1.807) is 23.5 Å². The summed E-state index contributed by atoms with van der Waals surface area (Å²) in [6.07, 6.45) is 0. The number of thiophene rings is 1. The lowest BCUT2D eigenvalue weighted by Gasteiger charge is -2.38. The summed E-state index contributed by atoms with van der Waals surface area (Å²) in [6, 6.07) is 7.68. The molecule has 122 valence electrons. The van der Waals surface area contributed by atoms with Gasteiger partial charge in [0.25, 0.3) is 0 Å². The van der Waals surface area contributed by atoms with Gasteiger partial charge in [-0.15, -0.1) is 0 Å². The summed E-state index contributed by atoms with van der Waals surface area (Å²) < 4.78 is 13.1. The van der Waals surface area contributed by atoms with Gasteiger partial charge < -0.3 is 5.73 Å². The van der Waals surface area contributed by atoms with Crippen molar-refractivity contribution in [1.82, 2.24) is 9.80 Å². The second-order valence-electron chi connectivity index (χ2n) is 5.80. The van der Waals surface area contributed by atoms with Crippen LogP contribution in [0.4, 0.5) is 4.39 Å². The first kappa shape index (κ1) is 16.1. The van der Waals surface area contributed by atoms with E-state index in [1.165, 1.54) is 17.7 Å². The molecule has 0 aliphatic carbocycles. The molecule has 1 saturated heterocycles. The minimum atomic E-state index is -0.487. The Kier molecular flexibility index (Phi) is 5.05. The first-order chi connectivity index (χ1) is 11.1. The number of nitrogens with two attached hydrogens (primary N) is 1. The van der Waals surface area contributed by atoms with Crippen LogP contribution in [0.2, 0.25) is 0 Å². The van der Waals surface area contributed by atoms with Crippen LogP contribution in [0.15, 0.2) is 41.1 Å². The van der Waals surface area contributed by atoms with Gasteiger partial charge in [0, 0.05) is 32.7 Å². The topological polar surface area (TPSA) is 49.6 Å². The van der Waals surface area contributed by atoms with Crippen LogP contribution in [-0.4, -0.2) is 41.9 Å². The van der Waals surface area contributed by atoms with Crippen molar-refractivity contribution in [3.8, 4) is 0 Å². The summed E-state index contributed by atoms with van der Waals surface area (Å²) in [5.41, 5.74) is 7.68. The average molecular weight is 333 g/mol. The van der Waals surface area contributed by atoms with Gasteiger partial charge in [-0.3, -0.25) is 14.6 Å². The van der Waals surface area contributed by atoms with Crippen LogP contribution < -0.4 is 5.73 Å². The number of carbonyl (C=O) groups is 1. The van der Waals surface area contributed by atoms with Gasteiger partial charge in [-0.25, -0.2) is 4.39 Å². The van der Waals surface area contributed by atoms with E-state index >= 15 is 0 Å². The van der Waals surface area contributed by atoms with E-state index in [2.05, 4.69) is 26.6 Å². The van der Waals surface area contributed by atoms with Crippen LogP contribution in [0.25, 0.3) is 0 Å². The Labute approximate surface area is 139 Å². The molecule has 1 aliphatic heterocycles. The van der Waals surface area contributed by atoms with Crippen LogP contribution in [0.5, 0.6) is 0 Å². The molecule has 2 heterocycles. The van der Waals surface area contributed by atoms with Crippen LogP contribution in [-0.2, 0) is 11.3 Å². The summed E-state index contributed by atoms with van der Waals surface area (Å²) in [7, 11) is 0. The molecular weight excluding hydrogens is 313 g/mol. The van der Waals surface area contributed by atoms with Gasteiger partial charge in [0.05, 0.1) is 0 Å². The van der Waals surface area contributed by atoms with Gasteiger partial charge in [0.2, 0.25) is 5.91 Å². The number of hydrogen-bond donors (Lipinski definition) is 1. The van der Waals surface area contributed by atoms with Crippen molar-refractivity contribution in [3.05, 3.63) is 58.0 Å². The molecule has 1 atom stereocenters. The van der Waals surface area contributed by atoms with Gasteiger partial charge in [0.1, 0.15) is 11.9 Å². The van der Waals surface area contributed by atoms with E-state index in [0.717, 1.165) is 38.3 Å². The summed E-state index contributed by atoms with van der Waals surface area (Å²) >= 11 is 1.71. The third-order valence-corrected chi connectivity index (χ3v) is 4.95. The second kappa shape index (κ2) is 7.21. The number of amides is 1. The lowest BCUT2D eigenvalue weighted by atomic mass is 10.0. The first-order valence-electron chi connectivity index (χ1n) is 7.66. The third-order valence-electron chi connectivity index (χ3n) is 4.21. The third kappa shape index (κ3) is 3.96. The van der Waals surface area contributed by atoms with Gasteiger partial charge in [-0.05, 0) is 40.1 Å². The standard InChI is InChI=1S/C17H20FN3OS/c18-15-3-1-14(2-4-15)16(17(19)22)21-8-6-20(7-9-21)11-13-5-10-23-12-13/h1-5,10,12,16H,6-9,11H2,(H2,19,22)/t16-/m0/s1. The molecule has 1 aromatic carbocycles. The van der Waals surface area contributed by atoms with E-state index < -0.39 is 6.04 Å². The molecule has 1 fully saturated rings. The number of piperazine rings is 1. The second-order valence-corrected chi connectivity index (χ2v) is 6.58. The van der Waals surface area contributed by atoms with Crippen LogP contribution in [0.1, 0.15) is 17.2 Å². The number of carbonyl (C=O) groups excluding carboxylic acids is 1. The van der Waals surface area contributed by atoms with Crippen LogP contribution in [0, 0.1) is 5.82 Å². The number of rotatable bonds is 5. The van der Waals surface area contributed by atoms with Gasteiger partial charge in [0.15, 0.2) is 0 Å². The minimum absolute atomic E-state index is 0.308. The Balaban J connectivity index is 1.64. The molecule has 0 saturated carbocycles. The molecule has 23 heavy (non-hydrogen) atoms. The summed E-state index contributed by atoms with van der Waals surface area (Å²) in [5.74, 6) is -0.694. The van der Waals surface area contributed by atoms with Gasteiger partial charge >= 0.3 is 0 Å². The van der Waals surface area contributed by atoms with Crippen LogP contribution >= 0.6 is 11.3 Å². The maximum absolute atomic E-state index is 13.1. The zero-order valence-corrected chi connectivity index (χ0v) is 13.6. The maximum Gasteiger partial charge on any atom is 0.239 e. The van der Waals surface area contributed by atoms with Crippen molar-refractivity contribution in [2.45, 2.75) is 12.6 Å². The fourth-order valence-electron chi connectivity index (χ4n) is 3.02. The molecule has 2 aromatic rings. The van der Waals surface area contributed by atoms with E-state index in [4.69, 9.17) is 5.73 Å². The zero-order chi connectivity index (χ0) is 16.2. The quantitative estimate of drug-likeness (QED) is 0.913. The lowest BCUT2D eigenvalue weighted by Crippen LogP contribution is -2.49. The molecule has 6 heteroatoms. The predicted molar refractivity (Wildman–Crippen MR) is 89.5 cm³/mol. The van der Waals surface area contributed by atoms with E-state index in [9.17, 15) is 9.18 Å². The number of primary amides is 1. The Morgan fingerprint density at radius 3 is 2.43 bits per heavy atom. The smallest absolute Gasteiger partial charge is 0.239 e. The van der Waals surface area contributed by atoms with Crippen molar-refractivity contribution in [1.29, 1.82) is 0 Å². The minimum Gasteiger partial charge on any atom is -0.368 e. The van der Waals surface area contributed by atoms with Crippen molar-refractivity contribution in [3.63, 3.8) is 0 Å². The molecule has 1 aromatic heterocycles. The Morgan fingerprint density at radius 1 is 1.17 bits per heavy atom. The molecular formula is C17H20FN3OS. The molecule has 1 amide bonds. The monoisotopic (exact) mass is 333 g/mol. The number of hydrogen-bond acceptors (Lipinski definition) is 4. The van der Waals surface area contributed by atoms with Crippen molar-refractivity contribution in [2.75, 3.05) is 26.2 Å². The van der Waals surface area contributed by atoms with E-state index in [0.29, 0.717) is 0 Å². The zero-order valence-electron chi connectivity index (χ0n) is 12.8.